The third kappa shape index (κ3) is 5.20. The number of carbonyl (C=O) groups is 1. The van der Waals surface area contributed by atoms with Gasteiger partial charge in [-0.05, 0) is 61.7 Å². The number of halogens is 1. The van der Waals surface area contributed by atoms with E-state index in [-0.39, 0.29) is 22.4 Å². The van der Waals surface area contributed by atoms with Gasteiger partial charge in [-0.25, -0.2) is 25.9 Å². The molecular formula is C19H21FN2O5S2. The summed E-state index contributed by atoms with van der Waals surface area (Å²) in [6, 6.07) is 10.3. The van der Waals surface area contributed by atoms with Crippen molar-refractivity contribution in [2.45, 2.75) is 47.4 Å². The number of sulfonamides is 1. The van der Waals surface area contributed by atoms with Gasteiger partial charge < -0.3 is 5.32 Å². The topological polar surface area (TPSA) is 109 Å². The fraction of sp³-hybridized carbons (Fsp3) is 0.316. The summed E-state index contributed by atoms with van der Waals surface area (Å²) in [4.78, 5) is 12.3. The Labute approximate surface area is 169 Å². The highest BCUT2D eigenvalue weighted by molar-refractivity contribution is 7.92. The van der Waals surface area contributed by atoms with Gasteiger partial charge in [-0.15, -0.1) is 0 Å². The zero-order chi connectivity index (χ0) is 21.2. The van der Waals surface area contributed by atoms with Crippen LogP contribution in [0.15, 0.2) is 58.3 Å². The van der Waals surface area contributed by atoms with Gasteiger partial charge in [0.2, 0.25) is 15.9 Å². The molecule has 1 unspecified atom stereocenters. The quantitative estimate of drug-likeness (QED) is 0.608. The van der Waals surface area contributed by atoms with Gasteiger partial charge in [0, 0.05) is 12.6 Å². The van der Waals surface area contributed by atoms with Crippen LogP contribution in [0.4, 0.5) is 4.39 Å². The molecule has 0 heterocycles. The Morgan fingerprint density at radius 1 is 1.00 bits per heavy atom. The van der Waals surface area contributed by atoms with Gasteiger partial charge >= 0.3 is 0 Å². The highest BCUT2D eigenvalue weighted by Gasteiger charge is 2.30. The van der Waals surface area contributed by atoms with E-state index in [0.717, 1.165) is 37.1 Å². The first kappa shape index (κ1) is 21.4. The normalized spacial score (nSPS) is 15.7. The van der Waals surface area contributed by atoms with Crippen LogP contribution in [0, 0.1) is 5.82 Å². The van der Waals surface area contributed by atoms with E-state index in [4.69, 9.17) is 0 Å². The zero-order valence-corrected chi connectivity index (χ0v) is 17.3. The first-order chi connectivity index (χ1) is 13.6. The first-order valence-electron chi connectivity index (χ1n) is 8.98. The third-order valence-electron chi connectivity index (χ3n) is 4.58. The van der Waals surface area contributed by atoms with E-state index in [1.165, 1.54) is 19.1 Å². The van der Waals surface area contributed by atoms with Crippen molar-refractivity contribution in [1.82, 2.24) is 10.0 Å². The van der Waals surface area contributed by atoms with Crippen LogP contribution in [0.5, 0.6) is 0 Å². The molecule has 2 N–H and O–H groups in total. The number of amides is 1. The van der Waals surface area contributed by atoms with E-state index < -0.39 is 36.8 Å². The molecule has 29 heavy (non-hydrogen) atoms. The van der Waals surface area contributed by atoms with Crippen LogP contribution in [0.25, 0.3) is 0 Å². The second-order valence-corrected chi connectivity index (χ2v) is 10.9. The SMILES string of the molecule is CC(C(=O)NCc1ccc(S(=O)(=O)NC2CC2)cc1)S(=O)(=O)c1ccc(F)cc1. The van der Waals surface area contributed by atoms with E-state index in [2.05, 4.69) is 10.0 Å². The lowest BCUT2D eigenvalue weighted by atomic mass is 10.2. The fourth-order valence-corrected chi connectivity index (χ4v) is 5.17. The highest BCUT2D eigenvalue weighted by Crippen LogP contribution is 2.22. The maximum Gasteiger partial charge on any atom is 0.240 e. The summed E-state index contributed by atoms with van der Waals surface area (Å²) in [6.45, 7) is 1.30. The molecule has 1 saturated carbocycles. The average Bonchev–Trinajstić information content (AvgIpc) is 3.49. The minimum Gasteiger partial charge on any atom is -0.351 e. The Morgan fingerprint density at radius 3 is 2.10 bits per heavy atom. The van der Waals surface area contributed by atoms with Crippen LogP contribution >= 0.6 is 0 Å². The van der Waals surface area contributed by atoms with Crippen molar-refractivity contribution in [3.63, 3.8) is 0 Å². The third-order valence-corrected chi connectivity index (χ3v) is 8.19. The number of sulfone groups is 1. The number of hydrogen-bond donors (Lipinski definition) is 2. The maximum absolute atomic E-state index is 13.0. The molecule has 1 aliphatic carbocycles. The number of benzene rings is 2. The Bertz CT molecular complexity index is 1090. The predicted octanol–water partition coefficient (Wildman–Crippen LogP) is 1.74. The average molecular weight is 441 g/mol. The monoisotopic (exact) mass is 440 g/mol. The highest BCUT2D eigenvalue weighted by atomic mass is 32.2. The van der Waals surface area contributed by atoms with E-state index in [0.29, 0.717) is 5.56 Å². The lowest BCUT2D eigenvalue weighted by Gasteiger charge is -2.14. The van der Waals surface area contributed by atoms with Gasteiger partial charge in [0.25, 0.3) is 0 Å². The van der Waals surface area contributed by atoms with Crippen LogP contribution in [-0.4, -0.2) is 34.0 Å². The van der Waals surface area contributed by atoms with Gasteiger partial charge in [-0.1, -0.05) is 12.1 Å². The number of rotatable bonds is 8. The Hall–Kier alpha value is -2.30. The molecule has 0 aliphatic heterocycles. The van der Waals surface area contributed by atoms with Crippen molar-refractivity contribution in [2.75, 3.05) is 0 Å². The summed E-state index contributed by atoms with van der Waals surface area (Å²) >= 11 is 0. The summed E-state index contributed by atoms with van der Waals surface area (Å²) in [5, 5.41) is 1.16. The number of nitrogens with one attached hydrogen (secondary N) is 2. The molecule has 0 aromatic heterocycles. The predicted molar refractivity (Wildman–Crippen MR) is 105 cm³/mol. The van der Waals surface area contributed by atoms with Crippen LogP contribution in [0.2, 0.25) is 0 Å². The summed E-state index contributed by atoms with van der Waals surface area (Å²) in [6.07, 6.45) is 1.67. The molecule has 0 radical (unpaired) electrons. The van der Waals surface area contributed by atoms with Crippen LogP contribution in [-0.2, 0) is 31.2 Å². The lowest BCUT2D eigenvalue weighted by molar-refractivity contribution is -0.120. The smallest absolute Gasteiger partial charge is 0.240 e. The maximum atomic E-state index is 13.0. The van der Waals surface area contributed by atoms with Crippen molar-refractivity contribution in [3.05, 3.63) is 59.9 Å². The molecule has 10 heteroatoms. The van der Waals surface area contributed by atoms with Crippen molar-refractivity contribution >= 4 is 25.8 Å². The summed E-state index contributed by atoms with van der Waals surface area (Å²) < 4.78 is 64.8. The van der Waals surface area contributed by atoms with Gasteiger partial charge in [0.15, 0.2) is 9.84 Å². The molecule has 2 aromatic rings. The molecule has 1 aliphatic rings. The molecule has 3 rings (SSSR count). The Balaban J connectivity index is 1.61. The first-order valence-corrected chi connectivity index (χ1v) is 12.0. The number of carbonyl (C=O) groups excluding carboxylic acids is 1. The summed E-state index contributed by atoms with van der Waals surface area (Å²) in [5.74, 6) is -1.28. The fourth-order valence-electron chi connectivity index (χ4n) is 2.58. The van der Waals surface area contributed by atoms with E-state index in [1.807, 2.05) is 0 Å². The molecule has 2 aromatic carbocycles. The van der Waals surface area contributed by atoms with Crippen molar-refractivity contribution in [2.24, 2.45) is 0 Å². The van der Waals surface area contributed by atoms with Crippen molar-refractivity contribution in [1.29, 1.82) is 0 Å². The number of hydrogen-bond acceptors (Lipinski definition) is 5. The standard InChI is InChI=1S/C19H21FN2O5S2/c1-13(28(24,25)17-10-4-15(20)5-11-17)19(23)21-12-14-2-8-18(9-3-14)29(26,27)22-16-6-7-16/h2-5,8-11,13,16,22H,6-7,12H2,1H3,(H,21,23). The van der Waals surface area contributed by atoms with Crippen LogP contribution in [0.3, 0.4) is 0 Å². The molecule has 156 valence electrons. The Kier molecular flexibility index (Phi) is 6.06. The van der Waals surface area contributed by atoms with Gasteiger partial charge in [0.1, 0.15) is 11.1 Å². The zero-order valence-electron chi connectivity index (χ0n) is 15.6. The van der Waals surface area contributed by atoms with Crippen LogP contribution < -0.4 is 10.0 Å². The van der Waals surface area contributed by atoms with E-state index in [1.54, 1.807) is 12.1 Å². The van der Waals surface area contributed by atoms with Crippen molar-refractivity contribution in [3.8, 4) is 0 Å². The molecule has 1 atom stereocenters. The van der Waals surface area contributed by atoms with Crippen molar-refractivity contribution < 1.29 is 26.0 Å². The molecule has 0 bridgehead atoms. The Morgan fingerprint density at radius 2 is 1.55 bits per heavy atom. The molecule has 0 spiro atoms. The van der Waals surface area contributed by atoms with Gasteiger partial charge in [-0.3, -0.25) is 4.79 Å². The van der Waals surface area contributed by atoms with E-state index in [9.17, 15) is 26.0 Å². The molecule has 7 nitrogen and oxygen atoms in total. The summed E-state index contributed by atoms with van der Waals surface area (Å²) in [7, 11) is -7.51. The second-order valence-electron chi connectivity index (χ2n) is 6.90. The largest absolute Gasteiger partial charge is 0.351 e. The lowest BCUT2D eigenvalue weighted by Crippen LogP contribution is -2.37. The van der Waals surface area contributed by atoms with Crippen LogP contribution in [0.1, 0.15) is 25.3 Å². The van der Waals surface area contributed by atoms with Gasteiger partial charge in [0.05, 0.1) is 9.79 Å². The summed E-state index contributed by atoms with van der Waals surface area (Å²) in [5.41, 5.74) is 0.620. The molecule has 1 fully saturated rings. The molecule has 0 saturated heterocycles. The van der Waals surface area contributed by atoms with Gasteiger partial charge in [-0.2, -0.15) is 0 Å². The minimum absolute atomic E-state index is 0.00325. The van der Waals surface area contributed by atoms with E-state index >= 15 is 0 Å². The molecular weight excluding hydrogens is 419 g/mol. The minimum atomic E-state index is -3.96. The second kappa shape index (κ2) is 8.21. The molecule has 1 amide bonds.